The molecule has 1 amide bonds. The number of carbonyl (C=O) groups is 1. The van der Waals surface area contributed by atoms with Crippen LogP contribution < -0.4 is 9.64 Å². The number of ether oxygens (including phenoxy) is 1. The minimum Gasteiger partial charge on any atom is -0.482 e. The first kappa shape index (κ1) is 12.2. The van der Waals surface area contributed by atoms with Crippen LogP contribution in [0.3, 0.4) is 0 Å². The number of hydrogen-bond acceptors (Lipinski definition) is 3. The first-order valence-electron chi connectivity index (χ1n) is 5.86. The molecule has 1 aliphatic rings. The maximum absolute atomic E-state index is 12.0. The van der Waals surface area contributed by atoms with Crippen molar-refractivity contribution in [3.8, 4) is 5.75 Å². The second-order valence-corrected chi connectivity index (χ2v) is 5.12. The Bertz CT molecular complexity index is 613. The highest BCUT2D eigenvalue weighted by Gasteiger charge is 2.25. The fourth-order valence-electron chi connectivity index (χ4n) is 1.99. The SMILES string of the molecule is O=C1COc2ccccc2N1Cc1ccc(Br)cn1. The number of anilines is 1. The zero-order chi connectivity index (χ0) is 13.2. The van der Waals surface area contributed by atoms with Gasteiger partial charge in [0.25, 0.3) is 5.91 Å². The zero-order valence-electron chi connectivity index (χ0n) is 10.0. The minimum atomic E-state index is -0.0524. The van der Waals surface area contributed by atoms with Crippen LogP contribution >= 0.6 is 15.9 Å². The molecule has 0 spiro atoms. The van der Waals surface area contributed by atoms with Gasteiger partial charge in [-0.2, -0.15) is 0 Å². The number of hydrogen-bond donors (Lipinski definition) is 0. The molecule has 4 nitrogen and oxygen atoms in total. The van der Waals surface area contributed by atoms with Crippen LogP contribution in [0, 0.1) is 0 Å². The minimum absolute atomic E-state index is 0.0524. The van der Waals surface area contributed by atoms with Crippen LogP contribution in [0.15, 0.2) is 47.1 Å². The summed E-state index contributed by atoms with van der Waals surface area (Å²) in [7, 11) is 0. The van der Waals surface area contributed by atoms with E-state index in [1.807, 2.05) is 36.4 Å². The fourth-order valence-corrected chi connectivity index (χ4v) is 2.22. The summed E-state index contributed by atoms with van der Waals surface area (Å²) in [5, 5.41) is 0. The molecule has 1 aliphatic heterocycles. The third-order valence-corrected chi connectivity index (χ3v) is 3.39. The Morgan fingerprint density at radius 2 is 2.11 bits per heavy atom. The lowest BCUT2D eigenvalue weighted by atomic mass is 10.2. The molecule has 0 radical (unpaired) electrons. The lowest BCUT2D eigenvalue weighted by molar-refractivity contribution is -0.121. The molecule has 2 heterocycles. The predicted molar refractivity (Wildman–Crippen MR) is 75.1 cm³/mol. The van der Waals surface area contributed by atoms with Crippen LogP contribution in [0.1, 0.15) is 5.69 Å². The molecular weight excluding hydrogens is 308 g/mol. The Morgan fingerprint density at radius 1 is 1.26 bits per heavy atom. The van der Waals surface area contributed by atoms with E-state index in [-0.39, 0.29) is 12.5 Å². The number of halogens is 1. The van der Waals surface area contributed by atoms with Crippen molar-refractivity contribution in [1.29, 1.82) is 0 Å². The first-order valence-corrected chi connectivity index (χ1v) is 6.66. The molecule has 0 saturated carbocycles. The highest BCUT2D eigenvalue weighted by Crippen LogP contribution is 2.32. The van der Waals surface area contributed by atoms with Gasteiger partial charge in [0, 0.05) is 10.7 Å². The monoisotopic (exact) mass is 318 g/mol. The normalized spacial score (nSPS) is 13.9. The molecule has 5 heteroatoms. The Morgan fingerprint density at radius 3 is 2.89 bits per heavy atom. The van der Waals surface area contributed by atoms with Crippen LogP contribution in [0.2, 0.25) is 0 Å². The van der Waals surface area contributed by atoms with Crippen molar-refractivity contribution in [2.75, 3.05) is 11.5 Å². The van der Waals surface area contributed by atoms with Gasteiger partial charge in [-0.3, -0.25) is 14.7 Å². The van der Waals surface area contributed by atoms with E-state index in [4.69, 9.17) is 4.74 Å². The lowest BCUT2D eigenvalue weighted by Crippen LogP contribution is -2.38. The van der Waals surface area contributed by atoms with Gasteiger partial charge in [-0.1, -0.05) is 12.1 Å². The van der Waals surface area contributed by atoms with E-state index >= 15 is 0 Å². The van der Waals surface area contributed by atoms with Crippen molar-refractivity contribution in [2.45, 2.75) is 6.54 Å². The number of pyridine rings is 1. The number of benzene rings is 1. The van der Waals surface area contributed by atoms with Crippen molar-refractivity contribution in [3.63, 3.8) is 0 Å². The van der Waals surface area contributed by atoms with E-state index in [2.05, 4.69) is 20.9 Å². The van der Waals surface area contributed by atoms with E-state index in [0.29, 0.717) is 6.54 Å². The summed E-state index contributed by atoms with van der Waals surface area (Å²) < 4.78 is 6.32. The van der Waals surface area contributed by atoms with Crippen LogP contribution in [0.4, 0.5) is 5.69 Å². The average molecular weight is 319 g/mol. The van der Waals surface area contributed by atoms with Crippen molar-refractivity contribution in [3.05, 3.63) is 52.8 Å². The van der Waals surface area contributed by atoms with Crippen molar-refractivity contribution >= 4 is 27.5 Å². The number of carbonyl (C=O) groups excluding carboxylic acids is 1. The van der Waals surface area contributed by atoms with Crippen molar-refractivity contribution in [1.82, 2.24) is 4.98 Å². The second kappa shape index (κ2) is 5.01. The molecule has 1 aromatic carbocycles. The van der Waals surface area contributed by atoms with Gasteiger partial charge < -0.3 is 4.74 Å². The molecule has 1 aromatic heterocycles. The van der Waals surface area contributed by atoms with Crippen LogP contribution in [0.25, 0.3) is 0 Å². The Hall–Kier alpha value is -1.88. The molecule has 3 rings (SSSR count). The van der Waals surface area contributed by atoms with E-state index < -0.39 is 0 Å². The number of para-hydroxylation sites is 2. The number of rotatable bonds is 2. The second-order valence-electron chi connectivity index (χ2n) is 4.20. The first-order chi connectivity index (χ1) is 9.24. The molecule has 0 fully saturated rings. The zero-order valence-corrected chi connectivity index (χ0v) is 11.6. The Labute approximate surface area is 119 Å². The quantitative estimate of drug-likeness (QED) is 0.855. The summed E-state index contributed by atoms with van der Waals surface area (Å²) in [6.45, 7) is 0.528. The molecule has 2 aromatic rings. The molecule has 0 unspecified atom stereocenters. The summed E-state index contributed by atoms with van der Waals surface area (Å²) in [5.74, 6) is 0.683. The molecule has 0 saturated heterocycles. The molecule has 0 bridgehead atoms. The van der Waals surface area contributed by atoms with Crippen molar-refractivity contribution in [2.24, 2.45) is 0 Å². The van der Waals surface area contributed by atoms with Crippen molar-refractivity contribution < 1.29 is 9.53 Å². The van der Waals surface area contributed by atoms with Gasteiger partial charge in [-0.25, -0.2) is 0 Å². The van der Waals surface area contributed by atoms with Gasteiger partial charge in [0.05, 0.1) is 17.9 Å². The van der Waals surface area contributed by atoms with E-state index in [9.17, 15) is 4.79 Å². The number of nitrogens with zero attached hydrogens (tertiary/aromatic N) is 2. The van der Waals surface area contributed by atoms with Gasteiger partial charge in [-0.15, -0.1) is 0 Å². The standard InChI is InChI=1S/C14H11BrN2O2/c15-10-5-6-11(16-7-10)8-17-12-3-1-2-4-13(12)19-9-14(17)18/h1-7H,8-9H2. The third-order valence-electron chi connectivity index (χ3n) is 2.92. The van der Waals surface area contributed by atoms with Gasteiger partial charge in [0.2, 0.25) is 0 Å². The van der Waals surface area contributed by atoms with Crippen LogP contribution in [-0.4, -0.2) is 17.5 Å². The molecule has 19 heavy (non-hydrogen) atoms. The van der Waals surface area contributed by atoms with Gasteiger partial charge >= 0.3 is 0 Å². The van der Waals surface area contributed by atoms with Gasteiger partial charge in [-0.05, 0) is 40.2 Å². The molecule has 0 atom stereocenters. The highest BCUT2D eigenvalue weighted by molar-refractivity contribution is 9.10. The molecule has 0 aliphatic carbocycles. The fraction of sp³-hybridized carbons (Fsp3) is 0.143. The van der Waals surface area contributed by atoms with E-state index in [1.165, 1.54) is 0 Å². The number of amides is 1. The van der Waals surface area contributed by atoms with Gasteiger partial charge in [0.15, 0.2) is 6.61 Å². The maximum Gasteiger partial charge on any atom is 0.265 e. The largest absolute Gasteiger partial charge is 0.482 e. The van der Waals surface area contributed by atoms with Crippen LogP contribution in [0.5, 0.6) is 5.75 Å². The Balaban J connectivity index is 1.91. The van der Waals surface area contributed by atoms with E-state index in [1.54, 1.807) is 11.1 Å². The summed E-state index contributed by atoms with van der Waals surface area (Å²) in [5.41, 5.74) is 1.64. The third kappa shape index (κ3) is 2.46. The highest BCUT2D eigenvalue weighted by atomic mass is 79.9. The Kier molecular flexibility index (Phi) is 3.21. The number of aromatic nitrogens is 1. The summed E-state index contributed by atoms with van der Waals surface area (Å²) in [6.07, 6.45) is 1.73. The lowest BCUT2D eigenvalue weighted by Gasteiger charge is -2.29. The summed E-state index contributed by atoms with van der Waals surface area (Å²) in [4.78, 5) is 18.0. The predicted octanol–water partition coefficient (Wildman–Crippen LogP) is 2.77. The summed E-state index contributed by atoms with van der Waals surface area (Å²) >= 11 is 3.35. The maximum atomic E-state index is 12.0. The molecule has 0 N–H and O–H groups in total. The molecule has 96 valence electrons. The van der Waals surface area contributed by atoms with E-state index in [0.717, 1.165) is 21.6 Å². The smallest absolute Gasteiger partial charge is 0.265 e. The average Bonchev–Trinajstić information content (AvgIpc) is 2.44. The molecular formula is C14H11BrN2O2. The topological polar surface area (TPSA) is 42.4 Å². The van der Waals surface area contributed by atoms with Crippen LogP contribution in [-0.2, 0) is 11.3 Å². The van der Waals surface area contributed by atoms with Gasteiger partial charge in [0.1, 0.15) is 5.75 Å². The number of fused-ring (bicyclic) bond motifs is 1. The summed E-state index contributed by atoms with van der Waals surface area (Å²) in [6, 6.07) is 11.3.